The van der Waals surface area contributed by atoms with Crippen LogP contribution in [-0.2, 0) is 14.3 Å². The third-order valence-corrected chi connectivity index (χ3v) is 4.17. The minimum Gasteiger partial charge on any atom is -0.376 e. The molecule has 2 N–H and O–H groups in total. The Morgan fingerprint density at radius 3 is 2.61 bits per heavy atom. The lowest BCUT2D eigenvalue weighted by atomic mass is 10.1. The average Bonchev–Trinajstić information content (AvgIpc) is 3.26. The zero-order valence-electron chi connectivity index (χ0n) is 13.0. The van der Waals surface area contributed by atoms with Crippen LogP contribution in [0.25, 0.3) is 0 Å². The van der Waals surface area contributed by atoms with Gasteiger partial charge in [0.2, 0.25) is 0 Å². The summed E-state index contributed by atoms with van der Waals surface area (Å²) in [7, 11) is 0. The molecule has 2 unspecified atom stereocenters. The maximum absolute atomic E-state index is 12.4. The first-order valence-corrected chi connectivity index (χ1v) is 8.15. The van der Waals surface area contributed by atoms with Crippen LogP contribution in [0.15, 0.2) is 24.3 Å². The summed E-state index contributed by atoms with van der Waals surface area (Å²) in [6.07, 6.45) is 3.29. The fourth-order valence-corrected chi connectivity index (χ4v) is 2.89. The molecule has 2 heterocycles. The first kappa shape index (κ1) is 16.0. The molecule has 1 aromatic carbocycles. The molecule has 6 nitrogen and oxygen atoms in total. The summed E-state index contributed by atoms with van der Waals surface area (Å²) in [6.45, 7) is 1.86. The van der Waals surface area contributed by atoms with E-state index in [1.807, 2.05) is 0 Å². The Hall–Kier alpha value is -1.92. The van der Waals surface area contributed by atoms with Crippen LogP contribution in [0, 0.1) is 0 Å². The number of nitrogens with one attached hydrogen (secondary N) is 2. The molecule has 0 aliphatic carbocycles. The monoisotopic (exact) mass is 318 g/mol. The predicted molar refractivity (Wildman–Crippen MR) is 85.4 cm³/mol. The van der Waals surface area contributed by atoms with Crippen molar-refractivity contribution in [1.29, 1.82) is 0 Å². The number of anilines is 1. The topological polar surface area (TPSA) is 76.7 Å². The molecule has 2 saturated heterocycles. The fourth-order valence-electron chi connectivity index (χ4n) is 2.89. The molecule has 2 aliphatic rings. The number of hydrogen-bond acceptors (Lipinski definition) is 4. The Morgan fingerprint density at radius 2 is 1.87 bits per heavy atom. The molecule has 2 aliphatic heterocycles. The smallest absolute Gasteiger partial charge is 0.253 e. The van der Waals surface area contributed by atoms with Gasteiger partial charge in [0.25, 0.3) is 11.8 Å². The van der Waals surface area contributed by atoms with Gasteiger partial charge in [0.05, 0.1) is 17.4 Å². The molecule has 124 valence electrons. The second kappa shape index (κ2) is 7.57. The fraction of sp³-hybridized carbons (Fsp3) is 0.529. The Kier molecular flexibility index (Phi) is 5.25. The lowest BCUT2D eigenvalue weighted by Gasteiger charge is -2.15. The van der Waals surface area contributed by atoms with Crippen molar-refractivity contribution in [1.82, 2.24) is 5.32 Å². The molecule has 0 spiro atoms. The molecule has 23 heavy (non-hydrogen) atoms. The van der Waals surface area contributed by atoms with Crippen LogP contribution in [0.3, 0.4) is 0 Å². The molecular weight excluding hydrogens is 296 g/mol. The van der Waals surface area contributed by atoms with Crippen LogP contribution in [0.5, 0.6) is 0 Å². The molecule has 0 aromatic heterocycles. The number of hydrogen-bond donors (Lipinski definition) is 2. The average molecular weight is 318 g/mol. The lowest BCUT2D eigenvalue weighted by Crippen LogP contribution is -2.33. The molecule has 6 heteroatoms. The predicted octanol–water partition coefficient (Wildman–Crippen LogP) is 1.71. The van der Waals surface area contributed by atoms with Crippen molar-refractivity contribution >= 4 is 17.5 Å². The zero-order valence-corrected chi connectivity index (χ0v) is 13.0. The summed E-state index contributed by atoms with van der Waals surface area (Å²) in [6, 6.07) is 7.01. The van der Waals surface area contributed by atoms with Gasteiger partial charge in [-0.2, -0.15) is 0 Å². The minimum atomic E-state index is -0.419. The number of ether oxygens (including phenoxy) is 2. The Morgan fingerprint density at radius 1 is 1.09 bits per heavy atom. The van der Waals surface area contributed by atoms with E-state index in [0.717, 1.165) is 32.3 Å². The number of amides is 2. The summed E-state index contributed by atoms with van der Waals surface area (Å²) in [4.78, 5) is 24.5. The quantitative estimate of drug-likeness (QED) is 0.866. The highest BCUT2D eigenvalue weighted by Crippen LogP contribution is 2.19. The van der Waals surface area contributed by atoms with E-state index in [0.29, 0.717) is 24.4 Å². The standard InChI is InChI=1S/C17H22N2O4/c20-16(18-11-12-5-3-9-22-12)13-6-1-2-7-14(13)19-17(21)15-8-4-10-23-15/h1-2,6-7,12,15H,3-5,8-11H2,(H,18,20)(H,19,21). The Labute approximate surface area is 135 Å². The largest absolute Gasteiger partial charge is 0.376 e. The van der Waals surface area contributed by atoms with Crippen molar-refractivity contribution in [3.8, 4) is 0 Å². The second-order valence-electron chi connectivity index (χ2n) is 5.88. The van der Waals surface area contributed by atoms with Crippen LogP contribution in [0.1, 0.15) is 36.0 Å². The highest BCUT2D eigenvalue weighted by atomic mass is 16.5. The van der Waals surface area contributed by atoms with Gasteiger partial charge in [0.15, 0.2) is 0 Å². The van der Waals surface area contributed by atoms with Gasteiger partial charge in [-0.05, 0) is 37.8 Å². The number of carbonyl (C=O) groups is 2. The van der Waals surface area contributed by atoms with Crippen LogP contribution in [0.4, 0.5) is 5.69 Å². The molecule has 0 radical (unpaired) electrons. The van der Waals surface area contributed by atoms with Gasteiger partial charge in [0, 0.05) is 19.8 Å². The third kappa shape index (κ3) is 4.09. The van der Waals surface area contributed by atoms with Crippen molar-refractivity contribution in [3.05, 3.63) is 29.8 Å². The summed E-state index contributed by atoms with van der Waals surface area (Å²) in [5, 5.41) is 5.68. The number of carbonyl (C=O) groups excluding carboxylic acids is 2. The van der Waals surface area contributed by atoms with E-state index in [1.165, 1.54) is 0 Å². The first-order valence-electron chi connectivity index (χ1n) is 8.15. The summed E-state index contributed by atoms with van der Waals surface area (Å²) in [5.74, 6) is -0.398. The van der Waals surface area contributed by atoms with Gasteiger partial charge in [-0.25, -0.2) is 0 Å². The van der Waals surface area contributed by atoms with E-state index in [2.05, 4.69) is 10.6 Å². The maximum Gasteiger partial charge on any atom is 0.253 e. The molecule has 2 fully saturated rings. The summed E-state index contributed by atoms with van der Waals surface area (Å²) >= 11 is 0. The van der Waals surface area contributed by atoms with E-state index < -0.39 is 6.10 Å². The molecule has 0 saturated carbocycles. The van der Waals surface area contributed by atoms with Crippen LogP contribution >= 0.6 is 0 Å². The summed E-state index contributed by atoms with van der Waals surface area (Å²) in [5.41, 5.74) is 0.967. The number of para-hydroxylation sites is 1. The molecule has 3 rings (SSSR count). The summed E-state index contributed by atoms with van der Waals surface area (Å²) < 4.78 is 10.9. The molecular formula is C17H22N2O4. The Balaban J connectivity index is 1.62. The normalized spacial score (nSPS) is 23.7. The SMILES string of the molecule is O=C(NCC1CCCO1)c1ccccc1NC(=O)C1CCCO1. The number of rotatable bonds is 5. The molecule has 2 atom stereocenters. The molecule has 2 amide bonds. The van der Waals surface area contributed by atoms with Gasteiger partial charge in [-0.15, -0.1) is 0 Å². The van der Waals surface area contributed by atoms with Gasteiger partial charge in [-0.1, -0.05) is 12.1 Å². The highest BCUT2D eigenvalue weighted by Gasteiger charge is 2.25. The van der Waals surface area contributed by atoms with Crippen molar-refractivity contribution in [2.45, 2.75) is 37.9 Å². The van der Waals surface area contributed by atoms with Crippen molar-refractivity contribution in [2.75, 3.05) is 25.1 Å². The van der Waals surface area contributed by atoms with E-state index in [-0.39, 0.29) is 17.9 Å². The van der Waals surface area contributed by atoms with Crippen molar-refractivity contribution in [2.24, 2.45) is 0 Å². The van der Waals surface area contributed by atoms with E-state index in [1.54, 1.807) is 24.3 Å². The first-order chi connectivity index (χ1) is 11.2. The highest BCUT2D eigenvalue weighted by molar-refractivity contribution is 6.04. The minimum absolute atomic E-state index is 0.0904. The Bertz CT molecular complexity index is 563. The van der Waals surface area contributed by atoms with Gasteiger partial charge < -0.3 is 20.1 Å². The van der Waals surface area contributed by atoms with E-state index in [4.69, 9.17) is 9.47 Å². The van der Waals surface area contributed by atoms with Gasteiger partial charge >= 0.3 is 0 Å². The van der Waals surface area contributed by atoms with Gasteiger partial charge in [-0.3, -0.25) is 9.59 Å². The maximum atomic E-state index is 12.4. The number of benzene rings is 1. The molecule has 1 aromatic rings. The lowest BCUT2D eigenvalue weighted by molar-refractivity contribution is -0.124. The zero-order chi connectivity index (χ0) is 16.1. The van der Waals surface area contributed by atoms with Gasteiger partial charge in [0.1, 0.15) is 6.10 Å². The van der Waals surface area contributed by atoms with Crippen LogP contribution < -0.4 is 10.6 Å². The second-order valence-corrected chi connectivity index (χ2v) is 5.88. The van der Waals surface area contributed by atoms with E-state index >= 15 is 0 Å². The molecule has 0 bridgehead atoms. The van der Waals surface area contributed by atoms with Crippen LogP contribution in [0.2, 0.25) is 0 Å². The van der Waals surface area contributed by atoms with Crippen LogP contribution in [-0.4, -0.2) is 43.8 Å². The van der Waals surface area contributed by atoms with Crippen molar-refractivity contribution < 1.29 is 19.1 Å². The van der Waals surface area contributed by atoms with Crippen molar-refractivity contribution in [3.63, 3.8) is 0 Å². The third-order valence-electron chi connectivity index (χ3n) is 4.17. The van der Waals surface area contributed by atoms with E-state index in [9.17, 15) is 9.59 Å².